The molecule has 35 heavy (non-hydrogen) atoms. The summed E-state index contributed by atoms with van der Waals surface area (Å²) in [7, 11) is 0. The van der Waals surface area contributed by atoms with E-state index in [1.807, 2.05) is 13.8 Å². The summed E-state index contributed by atoms with van der Waals surface area (Å²) in [6, 6.07) is -0.342. The van der Waals surface area contributed by atoms with Gasteiger partial charge in [-0.3, -0.25) is 5.32 Å². The number of urea groups is 1. The van der Waals surface area contributed by atoms with Crippen LogP contribution in [0.25, 0.3) is 0 Å². The predicted octanol–water partition coefficient (Wildman–Crippen LogP) is 5.64. The number of halogens is 3. The molecule has 6 atom stereocenters. The number of carbonyl (C=O) groups is 1. The number of hydrogen-bond donors (Lipinski definition) is 3. The van der Waals surface area contributed by atoms with E-state index in [-0.39, 0.29) is 36.7 Å². The van der Waals surface area contributed by atoms with E-state index >= 15 is 0 Å². The minimum atomic E-state index is -1.07. The Hall–Kier alpha value is -1.23. The van der Waals surface area contributed by atoms with Crippen LogP contribution >= 0.6 is 22.6 Å². The second-order valence-electron chi connectivity index (χ2n) is 9.76. The summed E-state index contributed by atoms with van der Waals surface area (Å²) in [6.07, 6.45) is 4.32. The first-order chi connectivity index (χ1) is 16.6. The number of nitrogens with zero attached hydrogens (tertiary/aromatic N) is 2. The number of alkyl halides is 3. The van der Waals surface area contributed by atoms with Gasteiger partial charge in [-0.25, -0.2) is 18.6 Å². The summed E-state index contributed by atoms with van der Waals surface area (Å²) >= 11 is 1.69. The Bertz CT molecular complexity index is 784. The number of nitrogens with one attached hydrogen (secondary N) is 3. The Kier molecular flexibility index (Phi) is 12.4. The minimum Gasteiger partial charge on any atom is -0.364 e. The van der Waals surface area contributed by atoms with Crippen LogP contribution in [-0.2, 0) is 0 Å². The number of allylic oxidation sites excluding steroid dienone is 1. The molecule has 0 radical (unpaired) electrons. The van der Waals surface area contributed by atoms with Gasteiger partial charge in [0.15, 0.2) is 4.18 Å². The molecule has 1 saturated carbocycles. The molecule has 2 rings (SSSR count). The number of rotatable bonds is 15. The highest BCUT2D eigenvalue weighted by Crippen LogP contribution is 2.41. The molecule has 0 saturated heterocycles. The molecule has 200 valence electrons. The minimum absolute atomic E-state index is 0.0553. The molecule has 0 aromatic rings. The van der Waals surface area contributed by atoms with E-state index < -0.39 is 10.4 Å². The van der Waals surface area contributed by atoms with Crippen LogP contribution in [0, 0.1) is 5.92 Å². The van der Waals surface area contributed by atoms with Crippen LogP contribution in [0.15, 0.2) is 28.3 Å². The van der Waals surface area contributed by atoms with Gasteiger partial charge in [0.05, 0.1) is 18.5 Å². The molecule has 2 amide bonds. The highest BCUT2D eigenvalue weighted by Gasteiger charge is 2.58. The van der Waals surface area contributed by atoms with E-state index in [2.05, 4.69) is 43.3 Å². The van der Waals surface area contributed by atoms with Crippen LogP contribution in [0.2, 0.25) is 0 Å². The lowest BCUT2D eigenvalue weighted by Crippen LogP contribution is -2.46. The summed E-state index contributed by atoms with van der Waals surface area (Å²) in [5.74, 6) is 0.581. The van der Waals surface area contributed by atoms with Gasteiger partial charge in [0.2, 0.25) is 0 Å². The van der Waals surface area contributed by atoms with Crippen molar-refractivity contribution in [3.8, 4) is 0 Å². The summed E-state index contributed by atoms with van der Waals surface area (Å²) in [6.45, 7) is 15.8. The van der Waals surface area contributed by atoms with Crippen molar-refractivity contribution in [2.75, 3.05) is 19.6 Å². The van der Waals surface area contributed by atoms with Gasteiger partial charge < -0.3 is 15.5 Å². The van der Waals surface area contributed by atoms with Gasteiger partial charge in [0, 0.05) is 18.2 Å². The first-order valence-corrected chi connectivity index (χ1v) is 14.3. The van der Waals surface area contributed by atoms with Gasteiger partial charge in [-0.2, -0.15) is 0 Å². The van der Waals surface area contributed by atoms with Gasteiger partial charge in [-0.05, 0) is 81.2 Å². The second-order valence-corrected chi connectivity index (χ2v) is 11.1. The van der Waals surface area contributed by atoms with Crippen molar-refractivity contribution in [3.63, 3.8) is 0 Å². The maximum Gasteiger partial charge on any atom is 0.317 e. The SMILES string of the molecule is C=C(C1=NC(NCCCC[C@H](CC)NC(=O)N(CC)C[C@@H](F)I)C2C(F)C2N1)C(CCC)=C(C)C. The monoisotopic (exact) mass is 607 g/mol. The number of unbranched alkanes of at least 4 members (excludes halogenated alkanes) is 1. The molecule has 1 aliphatic heterocycles. The Morgan fingerprint density at radius 3 is 2.57 bits per heavy atom. The standard InChI is InChI=1S/C26H44F2IN5O/c1-7-12-19(16(4)5)17(6)24-32-23-21(22(23)28)25(33-24)30-14-11-10-13-18(8-2)31-26(35)34(9-3)15-20(27)29/h18,20-23,25,30H,6-15H2,1-5H3,(H,31,35)(H,32,33)/t18-,20-,21?,22?,23?,25?/m0/s1. The molecule has 6 nitrogen and oxygen atoms in total. The maximum absolute atomic E-state index is 14.4. The lowest BCUT2D eigenvalue weighted by molar-refractivity contribution is 0.188. The van der Waals surface area contributed by atoms with Gasteiger partial charge in [-0.1, -0.05) is 38.8 Å². The van der Waals surface area contributed by atoms with Crippen LogP contribution in [0.5, 0.6) is 0 Å². The van der Waals surface area contributed by atoms with Gasteiger partial charge >= 0.3 is 6.03 Å². The third kappa shape index (κ3) is 8.68. The Morgan fingerprint density at radius 2 is 2.00 bits per heavy atom. The van der Waals surface area contributed by atoms with E-state index in [0.29, 0.717) is 12.4 Å². The first kappa shape index (κ1) is 30.0. The van der Waals surface area contributed by atoms with Gasteiger partial charge in [0.25, 0.3) is 0 Å². The van der Waals surface area contributed by atoms with Crippen molar-refractivity contribution in [2.45, 2.75) is 102 Å². The molecular formula is C26H44F2IN5O. The van der Waals surface area contributed by atoms with Crippen molar-refractivity contribution >= 4 is 34.5 Å². The molecule has 1 aliphatic carbocycles. The van der Waals surface area contributed by atoms with Crippen LogP contribution in [0.1, 0.15) is 73.1 Å². The summed E-state index contributed by atoms with van der Waals surface area (Å²) in [5, 5.41) is 9.75. The average Bonchev–Trinajstić information content (AvgIpc) is 3.48. The molecule has 0 bridgehead atoms. The number of amidine groups is 1. The highest BCUT2D eigenvalue weighted by atomic mass is 127. The third-order valence-corrected chi connectivity index (χ3v) is 7.25. The largest absolute Gasteiger partial charge is 0.364 e. The van der Waals surface area contributed by atoms with Gasteiger partial charge in [0.1, 0.15) is 18.2 Å². The van der Waals surface area contributed by atoms with Crippen LogP contribution in [0.4, 0.5) is 13.6 Å². The number of aliphatic imine (C=N–C) groups is 1. The Balaban J connectivity index is 1.84. The van der Waals surface area contributed by atoms with Crippen LogP contribution < -0.4 is 16.0 Å². The first-order valence-electron chi connectivity index (χ1n) is 13.1. The van der Waals surface area contributed by atoms with Crippen LogP contribution in [-0.4, -0.2) is 65.0 Å². The molecule has 4 unspecified atom stereocenters. The van der Waals surface area contributed by atoms with Crippen molar-refractivity contribution in [3.05, 3.63) is 23.3 Å². The maximum atomic E-state index is 14.4. The Labute approximate surface area is 224 Å². The lowest BCUT2D eigenvalue weighted by Gasteiger charge is -2.26. The van der Waals surface area contributed by atoms with Crippen molar-refractivity contribution in [1.82, 2.24) is 20.9 Å². The average molecular weight is 608 g/mol. The third-order valence-electron chi connectivity index (χ3n) is 6.85. The zero-order valence-corrected chi connectivity index (χ0v) is 24.1. The second kappa shape index (κ2) is 14.5. The molecule has 0 aromatic carbocycles. The lowest BCUT2D eigenvalue weighted by atomic mass is 9.97. The molecule has 2 aliphatic rings. The molecule has 0 spiro atoms. The number of amides is 2. The number of hydrogen-bond acceptors (Lipinski definition) is 4. The van der Waals surface area contributed by atoms with Crippen molar-refractivity contribution < 1.29 is 13.6 Å². The summed E-state index contributed by atoms with van der Waals surface area (Å²) in [5.41, 5.74) is 3.29. The molecule has 1 heterocycles. The molecule has 9 heteroatoms. The fourth-order valence-electron chi connectivity index (χ4n) is 4.64. The zero-order chi connectivity index (χ0) is 26.1. The van der Waals surface area contributed by atoms with E-state index in [1.165, 1.54) is 16.0 Å². The summed E-state index contributed by atoms with van der Waals surface area (Å²) in [4.78, 5) is 18.7. The fourth-order valence-corrected chi connectivity index (χ4v) is 5.11. The topological polar surface area (TPSA) is 68.8 Å². The van der Waals surface area contributed by atoms with E-state index in [1.54, 1.807) is 22.6 Å². The molecule has 1 fully saturated rings. The zero-order valence-electron chi connectivity index (χ0n) is 22.0. The highest BCUT2D eigenvalue weighted by molar-refractivity contribution is 14.1. The Morgan fingerprint density at radius 1 is 1.29 bits per heavy atom. The van der Waals surface area contributed by atoms with E-state index in [4.69, 9.17) is 4.99 Å². The van der Waals surface area contributed by atoms with E-state index in [9.17, 15) is 13.6 Å². The summed E-state index contributed by atoms with van der Waals surface area (Å²) < 4.78 is 26.6. The molecule has 0 aromatic heterocycles. The van der Waals surface area contributed by atoms with E-state index in [0.717, 1.165) is 50.6 Å². The smallest absolute Gasteiger partial charge is 0.317 e. The van der Waals surface area contributed by atoms with Crippen molar-refractivity contribution in [2.24, 2.45) is 10.9 Å². The predicted molar refractivity (Wildman–Crippen MR) is 150 cm³/mol. The van der Waals surface area contributed by atoms with Crippen molar-refractivity contribution in [1.29, 1.82) is 0 Å². The molecule has 3 N–H and O–H groups in total. The number of fused-ring (bicyclic) bond motifs is 1. The molecular weight excluding hydrogens is 563 g/mol. The van der Waals surface area contributed by atoms with Gasteiger partial charge in [-0.15, -0.1) is 0 Å². The quantitative estimate of drug-likeness (QED) is 0.0977. The normalized spacial score (nSPS) is 24.4. The number of carbonyl (C=O) groups excluding carboxylic acids is 1. The van der Waals surface area contributed by atoms with Crippen LogP contribution in [0.3, 0.4) is 0 Å². The fraction of sp³-hybridized carbons (Fsp3) is 0.769.